The number of carbonyl (C=O) groups excluding carboxylic acids is 1. The molecule has 1 aliphatic heterocycles. The molecule has 0 spiro atoms. The predicted molar refractivity (Wildman–Crippen MR) is 70.4 cm³/mol. The van der Waals surface area contributed by atoms with Gasteiger partial charge >= 0.3 is 0 Å². The van der Waals surface area contributed by atoms with Crippen molar-refractivity contribution in [2.75, 3.05) is 13.0 Å². The highest BCUT2D eigenvalue weighted by molar-refractivity contribution is 6.00. The lowest BCUT2D eigenvalue weighted by molar-refractivity contribution is 0.0844. The number of hydrogen-bond donors (Lipinski definition) is 0. The Morgan fingerprint density at radius 3 is 2.47 bits per heavy atom. The van der Waals surface area contributed by atoms with E-state index >= 15 is 0 Å². The molecule has 1 aromatic rings. The molecule has 0 aliphatic carbocycles. The van der Waals surface area contributed by atoms with Gasteiger partial charge < -0.3 is 0 Å². The van der Waals surface area contributed by atoms with Gasteiger partial charge in [0, 0.05) is 16.5 Å². The summed E-state index contributed by atoms with van der Waals surface area (Å²) in [5.74, 6) is -0.566. The first-order chi connectivity index (χ1) is 11.2. The van der Waals surface area contributed by atoms with E-state index in [0.29, 0.717) is 4.90 Å². The van der Waals surface area contributed by atoms with Crippen LogP contribution in [0.3, 0.4) is 0 Å². The second-order valence-electron chi connectivity index (χ2n) is 4.00. The molecule has 1 unspecified atom stereocenters. The van der Waals surface area contributed by atoms with Crippen LogP contribution in [0.15, 0.2) is 24.3 Å². The van der Waals surface area contributed by atoms with Gasteiger partial charge in [-0.3, -0.25) is 9.69 Å². The number of likely N-dealkylation sites (tertiary alicyclic amines) is 1. The Hall–Kier alpha value is -1.15. The van der Waals surface area contributed by atoms with Gasteiger partial charge in [0.15, 0.2) is 5.78 Å². The number of nitrogens with zero attached hydrogens (tertiary/aromatic N) is 1. The Labute approximate surface area is 115 Å². The number of carbonyl (C=O) groups is 1. The number of ketones is 1. The maximum atomic E-state index is 12.9. The molecule has 2 rings (SSSR count). The molecule has 17 heavy (non-hydrogen) atoms. The summed E-state index contributed by atoms with van der Waals surface area (Å²) < 4.78 is 63.6. The molecule has 1 aliphatic rings. The molecule has 2 heteroatoms. The van der Waals surface area contributed by atoms with E-state index in [-0.39, 0.29) is 12.0 Å². The maximum absolute atomic E-state index is 12.9. The van der Waals surface area contributed by atoms with Crippen molar-refractivity contribution >= 4 is 5.78 Å². The second-order valence-corrected chi connectivity index (χ2v) is 4.00. The lowest BCUT2D eigenvalue weighted by Crippen LogP contribution is -2.38. The molecule has 1 aromatic carbocycles. The SMILES string of the molecule is [2H]C1([2H])N(C(CC)C(=O)c2ccc(C)cc2)C([2H])([2H])C([2H])([2H])C1([2H])[2H]. The molecule has 1 saturated heterocycles. The summed E-state index contributed by atoms with van der Waals surface area (Å²) in [6, 6.07) is 5.16. The van der Waals surface area contributed by atoms with Gasteiger partial charge in [0.2, 0.25) is 0 Å². The fourth-order valence-corrected chi connectivity index (χ4v) is 1.76. The average molecular weight is 239 g/mol. The van der Waals surface area contributed by atoms with E-state index in [1.165, 1.54) is 0 Å². The molecular formula is C15H21NO. The average Bonchev–Trinajstić information content (AvgIpc) is 2.57. The smallest absolute Gasteiger partial charge is 0.179 e. The van der Waals surface area contributed by atoms with Crippen LogP contribution in [0.4, 0.5) is 0 Å². The number of rotatable bonds is 4. The second kappa shape index (κ2) is 5.46. The highest BCUT2D eigenvalue weighted by Gasteiger charge is 2.26. The first-order valence-corrected chi connectivity index (χ1v) is 5.63. The summed E-state index contributed by atoms with van der Waals surface area (Å²) >= 11 is 0. The maximum Gasteiger partial charge on any atom is 0.179 e. The minimum atomic E-state index is -3.13. The van der Waals surface area contributed by atoms with Crippen molar-refractivity contribution in [1.82, 2.24) is 4.90 Å². The molecule has 2 nitrogen and oxygen atoms in total. The van der Waals surface area contributed by atoms with Crippen molar-refractivity contribution in [2.45, 2.75) is 39.1 Å². The zero-order valence-electron chi connectivity index (χ0n) is 17.9. The van der Waals surface area contributed by atoms with E-state index in [9.17, 15) is 4.79 Å². The van der Waals surface area contributed by atoms with Crippen molar-refractivity contribution in [3.63, 3.8) is 0 Å². The highest BCUT2D eigenvalue weighted by Crippen LogP contribution is 2.18. The molecule has 0 N–H and O–H groups in total. The van der Waals surface area contributed by atoms with Crippen LogP contribution < -0.4 is 0 Å². The normalized spacial score (nSPS) is 37.1. The van der Waals surface area contributed by atoms with Gasteiger partial charge in [0.05, 0.1) is 6.04 Å². The van der Waals surface area contributed by atoms with Crippen LogP contribution in [0.5, 0.6) is 0 Å². The molecule has 0 bridgehead atoms. The molecule has 1 heterocycles. The van der Waals surface area contributed by atoms with Gasteiger partial charge in [-0.25, -0.2) is 0 Å². The van der Waals surface area contributed by atoms with Crippen LogP contribution in [0.25, 0.3) is 0 Å². The molecule has 92 valence electrons. The molecular weight excluding hydrogens is 210 g/mol. The van der Waals surface area contributed by atoms with Crippen molar-refractivity contribution < 1.29 is 15.8 Å². The van der Waals surface area contributed by atoms with Gasteiger partial charge in [0.25, 0.3) is 0 Å². The molecule has 0 saturated carbocycles. The Morgan fingerprint density at radius 2 is 1.94 bits per heavy atom. The van der Waals surface area contributed by atoms with Crippen LogP contribution >= 0.6 is 0 Å². The molecule has 0 aromatic heterocycles. The Balaban J connectivity index is 2.56. The third-order valence-electron chi connectivity index (χ3n) is 2.75. The minimum absolute atomic E-state index is 0.0118. The van der Waals surface area contributed by atoms with Crippen molar-refractivity contribution in [3.8, 4) is 0 Å². The van der Waals surface area contributed by atoms with Gasteiger partial charge in [-0.05, 0) is 39.1 Å². The number of benzene rings is 1. The van der Waals surface area contributed by atoms with E-state index in [4.69, 9.17) is 11.0 Å². The van der Waals surface area contributed by atoms with Gasteiger partial charge in [0.1, 0.15) is 0 Å². The van der Waals surface area contributed by atoms with Crippen LogP contribution in [-0.2, 0) is 0 Å². The summed E-state index contributed by atoms with van der Waals surface area (Å²) in [5, 5.41) is 0. The van der Waals surface area contributed by atoms with Gasteiger partial charge in [-0.15, -0.1) is 0 Å². The molecule has 1 fully saturated rings. The Kier molecular flexibility index (Phi) is 1.82. The van der Waals surface area contributed by atoms with Crippen LogP contribution in [0, 0.1) is 6.92 Å². The van der Waals surface area contributed by atoms with E-state index < -0.39 is 37.6 Å². The van der Waals surface area contributed by atoms with E-state index in [1.807, 2.05) is 6.92 Å². The molecule has 1 atom stereocenters. The van der Waals surface area contributed by atoms with Gasteiger partial charge in [-0.1, -0.05) is 36.8 Å². The largest absolute Gasteiger partial charge is 0.293 e. The monoisotopic (exact) mass is 239 g/mol. The van der Waals surface area contributed by atoms with Crippen molar-refractivity contribution in [1.29, 1.82) is 0 Å². The summed E-state index contributed by atoms with van der Waals surface area (Å²) in [5.41, 5.74) is 1.17. The summed E-state index contributed by atoms with van der Waals surface area (Å²) in [6.07, 6.45) is -6.26. The molecule has 0 radical (unpaired) electrons. The van der Waals surface area contributed by atoms with E-state index in [2.05, 4.69) is 0 Å². The molecule has 0 amide bonds. The van der Waals surface area contributed by atoms with Crippen LogP contribution in [0.2, 0.25) is 0 Å². The Bertz CT molecular complexity index is 645. The van der Waals surface area contributed by atoms with Crippen LogP contribution in [0.1, 0.15) is 53.0 Å². The first kappa shape index (κ1) is 5.66. The summed E-state index contributed by atoms with van der Waals surface area (Å²) in [4.78, 5) is 13.3. The lowest BCUT2D eigenvalue weighted by atomic mass is 10.00. The minimum Gasteiger partial charge on any atom is -0.293 e. The quantitative estimate of drug-likeness (QED) is 0.753. The summed E-state index contributed by atoms with van der Waals surface area (Å²) in [6.45, 7) is -2.60. The Morgan fingerprint density at radius 1 is 1.35 bits per heavy atom. The predicted octanol–water partition coefficient (Wildman–Crippen LogP) is 3.05. The number of aryl methyl sites for hydroxylation is 1. The van der Waals surface area contributed by atoms with Crippen molar-refractivity contribution in [3.05, 3.63) is 35.4 Å². The lowest BCUT2D eigenvalue weighted by Gasteiger charge is -2.25. The standard InChI is InChI=1S/C15H21NO/c1-3-14(16-10-4-5-11-16)15(17)13-8-6-12(2)7-9-13/h6-9,14H,3-5,10-11H2,1-2H3/i4D2,5D2,10D2,11D2. The fourth-order valence-electron chi connectivity index (χ4n) is 1.76. The zero-order valence-corrected chi connectivity index (χ0v) is 9.95. The summed E-state index contributed by atoms with van der Waals surface area (Å²) in [7, 11) is 0. The van der Waals surface area contributed by atoms with Gasteiger partial charge in [-0.2, -0.15) is 0 Å². The third kappa shape index (κ3) is 2.75. The van der Waals surface area contributed by atoms with Crippen LogP contribution in [-0.4, -0.2) is 29.7 Å². The van der Waals surface area contributed by atoms with E-state index in [0.717, 1.165) is 5.56 Å². The van der Waals surface area contributed by atoms with E-state index in [1.54, 1.807) is 31.2 Å². The number of hydrogen-bond acceptors (Lipinski definition) is 2. The highest BCUT2D eigenvalue weighted by atomic mass is 16.1. The topological polar surface area (TPSA) is 20.3 Å². The zero-order chi connectivity index (χ0) is 19.4. The first-order valence-electron chi connectivity index (χ1n) is 9.63. The third-order valence-corrected chi connectivity index (χ3v) is 2.75. The fraction of sp³-hybridized carbons (Fsp3) is 0.533. The van der Waals surface area contributed by atoms with Crippen molar-refractivity contribution in [2.24, 2.45) is 0 Å². The number of Topliss-reactive ketones (excluding diaryl/α,β-unsaturated/α-hetero) is 1.